The molecule has 2 aromatic carbocycles. The molecule has 0 spiro atoms. The number of esters is 1. The van der Waals surface area contributed by atoms with Crippen LogP contribution in [0.4, 0.5) is 5.69 Å². The Balaban J connectivity index is 2.08. The quantitative estimate of drug-likeness (QED) is 0.537. The van der Waals surface area contributed by atoms with E-state index in [-0.39, 0.29) is 11.3 Å². The van der Waals surface area contributed by atoms with Crippen LogP contribution in [0.1, 0.15) is 20.8 Å². The third-order valence-corrected chi connectivity index (χ3v) is 4.81. The number of carbonyl (C=O) groups excluding carboxylic acids is 2. The lowest BCUT2D eigenvalue weighted by Crippen LogP contribution is -2.15. The Kier molecular flexibility index (Phi) is 5.97. The zero-order chi connectivity index (χ0) is 21.1. The van der Waals surface area contributed by atoms with Gasteiger partial charge in [-0.05, 0) is 30.3 Å². The zero-order valence-corrected chi connectivity index (χ0v) is 17.8. The lowest BCUT2D eigenvalue weighted by atomic mass is 10.1. The van der Waals surface area contributed by atoms with E-state index in [4.69, 9.17) is 18.9 Å². The maximum atomic E-state index is 13.0. The summed E-state index contributed by atoms with van der Waals surface area (Å²) >= 11 is 3.40. The van der Waals surface area contributed by atoms with Gasteiger partial charge in [-0.25, -0.2) is 4.79 Å². The molecule has 1 amide bonds. The smallest absolute Gasteiger partial charge is 0.356 e. The fourth-order valence-electron chi connectivity index (χ4n) is 2.95. The van der Waals surface area contributed by atoms with Crippen molar-refractivity contribution < 1.29 is 28.5 Å². The SMILES string of the molecule is COC(=O)c1[nH]c2ccc(Br)cc2c1NC(=O)c1cc(OC)c(OC)c(OC)c1. The monoisotopic (exact) mass is 462 g/mol. The number of rotatable bonds is 6. The standard InChI is InChI=1S/C20H19BrN2O6/c1-26-14-7-10(8-15(27-2)18(14)28-3)19(24)23-16-12-9-11(21)5-6-13(12)22-17(16)20(25)29-4/h5-9,22H,1-4H3,(H,23,24). The lowest BCUT2D eigenvalue weighted by Gasteiger charge is -2.14. The minimum absolute atomic E-state index is 0.140. The Bertz CT molecular complexity index is 1070. The number of methoxy groups -OCH3 is 4. The first kappa shape index (κ1) is 20.5. The molecule has 1 aromatic heterocycles. The predicted molar refractivity (Wildman–Crippen MR) is 111 cm³/mol. The van der Waals surface area contributed by atoms with E-state index >= 15 is 0 Å². The third-order valence-electron chi connectivity index (χ3n) is 4.32. The van der Waals surface area contributed by atoms with E-state index in [0.717, 1.165) is 4.47 Å². The Morgan fingerprint density at radius 1 is 0.966 bits per heavy atom. The number of H-pyrrole nitrogens is 1. The molecule has 3 rings (SSSR count). The average molecular weight is 463 g/mol. The van der Waals surface area contributed by atoms with Gasteiger partial charge < -0.3 is 29.2 Å². The largest absolute Gasteiger partial charge is 0.493 e. The Labute approximate surface area is 175 Å². The van der Waals surface area contributed by atoms with Gasteiger partial charge in [0.25, 0.3) is 5.91 Å². The van der Waals surface area contributed by atoms with Crippen molar-refractivity contribution in [3.63, 3.8) is 0 Å². The molecule has 9 heteroatoms. The zero-order valence-electron chi connectivity index (χ0n) is 16.2. The van der Waals surface area contributed by atoms with Crippen LogP contribution >= 0.6 is 15.9 Å². The van der Waals surface area contributed by atoms with Crippen molar-refractivity contribution in [2.24, 2.45) is 0 Å². The van der Waals surface area contributed by atoms with Crippen molar-refractivity contribution in [3.8, 4) is 17.2 Å². The Morgan fingerprint density at radius 2 is 1.62 bits per heavy atom. The molecule has 29 heavy (non-hydrogen) atoms. The number of hydrogen-bond donors (Lipinski definition) is 2. The second-order valence-electron chi connectivity index (χ2n) is 5.92. The molecule has 0 saturated carbocycles. The number of anilines is 1. The van der Waals surface area contributed by atoms with Crippen molar-refractivity contribution in [3.05, 3.63) is 46.1 Å². The third kappa shape index (κ3) is 3.86. The van der Waals surface area contributed by atoms with Crippen LogP contribution in [0.25, 0.3) is 10.9 Å². The summed E-state index contributed by atoms with van der Waals surface area (Å²) in [6, 6.07) is 8.47. The van der Waals surface area contributed by atoms with Crippen LogP contribution in [-0.4, -0.2) is 45.3 Å². The van der Waals surface area contributed by atoms with Gasteiger partial charge in [0.15, 0.2) is 11.5 Å². The molecule has 0 fully saturated rings. The highest BCUT2D eigenvalue weighted by atomic mass is 79.9. The summed E-state index contributed by atoms with van der Waals surface area (Å²) in [5.41, 5.74) is 1.39. The number of fused-ring (bicyclic) bond motifs is 1. The average Bonchev–Trinajstić information content (AvgIpc) is 3.09. The topological polar surface area (TPSA) is 98.9 Å². The lowest BCUT2D eigenvalue weighted by molar-refractivity contribution is 0.0596. The van der Waals surface area contributed by atoms with Crippen molar-refractivity contribution in [2.75, 3.05) is 33.8 Å². The molecule has 0 aliphatic heterocycles. The van der Waals surface area contributed by atoms with Gasteiger partial charge in [0.2, 0.25) is 5.75 Å². The molecule has 0 saturated heterocycles. The van der Waals surface area contributed by atoms with Crippen LogP contribution < -0.4 is 19.5 Å². The first-order valence-corrected chi connectivity index (χ1v) is 9.23. The van der Waals surface area contributed by atoms with Gasteiger partial charge in [0, 0.05) is 20.9 Å². The Morgan fingerprint density at radius 3 is 2.17 bits per heavy atom. The van der Waals surface area contributed by atoms with Crippen LogP contribution in [0.15, 0.2) is 34.8 Å². The van der Waals surface area contributed by atoms with Gasteiger partial charge in [-0.15, -0.1) is 0 Å². The maximum Gasteiger partial charge on any atom is 0.356 e. The number of nitrogens with one attached hydrogen (secondary N) is 2. The number of hydrogen-bond acceptors (Lipinski definition) is 6. The predicted octanol–water partition coefficient (Wildman–Crippen LogP) is 4.00. The van der Waals surface area contributed by atoms with Crippen molar-refractivity contribution in [2.45, 2.75) is 0 Å². The van der Waals surface area contributed by atoms with Crippen LogP contribution in [0, 0.1) is 0 Å². The molecule has 8 nitrogen and oxygen atoms in total. The van der Waals surface area contributed by atoms with Gasteiger partial charge >= 0.3 is 5.97 Å². The number of aromatic nitrogens is 1. The number of aromatic amines is 1. The van der Waals surface area contributed by atoms with Crippen molar-refractivity contribution in [1.82, 2.24) is 4.98 Å². The van der Waals surface area contributed by atoms with Crippen molar-refractivity contribution >= 4 is 44.4 Å². The van der Waals surface area contributed by atoms with Crippen LogP contribution in [0.5, 0.6) is 17.2 Å². The molecule has 0 radical (unpaired) electrons. The first-order chi connectivity index (χ1) is 13.9. The molecular weight excluding hydrogens is 444 g/mol. The molecule has 0 aliphatic carbocycles. The van der Waals surface area contributed by atoms with Gasteiger partial charge in [0.1, 0.15) is 5.69 Å². The number of halogens is 1. The molecule has 0 atom stereocenters. The van der Waals surface area contributed by atoms with Crippen LogP contribution in [-0.2, 0) is 4.74 Å². The number of benzene rings is 2. The number of ether oxygens (including phenoxy) is 4. The van der Waals surface area contributed by atoms with E-state index in [1.807, 2.05) is 6.07 Å². The van der Waals surface area contributed by atoms with E-state index in [9.17, 15) is 9.59 Å². The normalized spacial score (nSPS) is 10.5. The second-order valence-corrected chi connectivity index (χ2v) is 6.84. The Hall–Kier alpha value is -3.20. The second kappa shape index (κ2) is 8.44. The summed E-state index contributed by atoms with van der Waals surface area (Å²) in [5.74, 6) is -0.00987. The highest BCUT2D eigenvalue weighted by molar-refractivity contribution is 9.10. The summed E-state index contributed by atoms with van der Waals surface area (Å²) in [4.78, 5) is 28.2. The highest BCUT2D eigenvalue weighted by Crippen LogP contribution is 2.39. The minimum Gasteiger partial charge on any atom is -0.493 e. The van der Waals surface area contributed by atoms with Gasteiger partial charge in [-0.1, -0.05) is 15.9 Å². The van der Waals surface area contributed by atoms with Gasteiger partial charge in [-0.3, -0.25) is 4.79 Å². The maximum absolute atomic E-state index is 13.0. The number of carbonyl (C=O) groups is 2. The highest BCUT2D eigenvalue weighted by Gasteiger charge is 2.23. The van der Waals surface area contributed by atoms with E-state index < -0.39 is 11.9 Å². The summed E-state index contributed by atoms with van der Waals surface area (Å²) in [5, 5.41) is 3.44. The van der Waals surface area contributed by atoms with E-state index in [1.165, 1.54) is 40.6 Å². The first-order valence-electron chi connectivity index (χ1n) is 8.44. The van der Waals surface area contributed by atoms with Crippen LogP contribution in [0.2, 0.25) is 0 Å². The summed E-state index contributed by atoms with van der Waals surface area (Å²) in [7, 11) is 5.68. The van der Waals surface area contributed by atoms with E-state index in [2.05, 4.69) is 26.2 Å². The summed E-state index contributed by atoms with van der Waals surface area (Å²) in [6.45, 7) is 0. The molecule has 3 aromatic rings. The van der Waals surface area contributed by atoms with E-state index in [0.29, 0.717) is 33.8 Å². The molecule has 152 valence electrons. The van der Waals surface area contributed by atoms with E-state index in [1.54, 1.807) is 12.1 Å². The van der Waals surface area contributed by atoms with Gasteiger partial charge in [-0.2, -0.15) is 0 Å². The fraction of sp³-hybridized carbons (Fsp3) is 0.200. The number of amides is 1. The minimum atomic E-state index is -0.600. The van der Waals surface area contributed by atoms with Crippen LogP contribution in [0.3, 0.4) is 0 Å². The molecule has 0 bridgehead atoms. The summed E-state index contributed by atoms with van der Waals surface area (Å²) in [6.07, 6.45) is 0. The molecule has 2 N–H and O–H groups in total. The molecular formula is C20H19BrN2O6. The molecule has 0 aliphatic rings. The fourth-order valence-corrected chi connectivity index (χ4v) is 3.31. The van der Waals surface area contributed by atoms with Gasteiger partial charge in [0.05, 0.1) is 34.1 Å². The molecule has 0 unspecified atom stereocenters. The summed E-state index contributed by atoms with van der Waals surface area (Å²) < 4.78 is 21.5. The molecule has 1 heterocycles. The van der Waals surface area contributed by atoms with Crippen molar-refractivity contribution in [1.29, 1.82) is 0 Å².